The summed E-state index contributed by atoms with van der Waals surface area (Å²) < 4.78 is 11.9. The monoisotopic (exact) mass is 275 g/mol. The average Bonchev–Trinajstić information content (AvgIpc) is 2.80. The number of aromatic nitrogens is 3. The van der Waals surface area contributed by atoms with Crippen LogP contribution in [-0.4, -0.2) is 33.4 Å². The molecule has 2 rings (SSSR count). The minimum absolute atomic E-state index is 0.159. The smallest absolute Gasteiger partial charge is 0.347 e. The van der Waals surface area contributed by atoms with Gasteiger partial charge >= 0.3 is 12.0 Å². The molecule has 0 radical (unpaired) electrons. The number of ether oxygens (including phenoxy) is 2. The van der Waals surface area contributed by atoms with Crippen molar-refractivity contribution in [2.75, 3.05) is 6.61 Å². The average molecular weight is 275 g/mol. The Hall–Kier alpha value is -2.37. The van der Waals surface area contributed by atoms with E-state index in [1.165, 1.54) is 0 Å². The van der Waals surface area contributed by atoms with E-state index in [0.717, 1.165) is 5.69 Å². The number of nitrogens with zero attached hydrogens (tertiary/aromatic N) is 3. The van der Waals surface area contributed by atoms with Crippen molar-refractivity contribution in [1.29, 1.82) is 0 Å². The SMILES string of the molecule is CCOC(=O)C(C)Oc1nc(C)n(-c2ccccc2)n1. The van der Waals surface area contributed by atoms with Gasteiger partial charge in [-0.15, -0.1) is 5.10 Å². The van der Waals surface area contributed by atoms with E-state index in [4.69, 9.17) is 9.47 Å². The number of benzene rings is 1. The van der Waals surface area contributed by atoms with Crippen molar-refractivity contribution in [3.8, 4) is 11.7 Å². The van der Waals surface area contributed by atoms with Crippen LogP contribution >= 0.6 is 0 Å². The highest BCUT2D eigenvalue weighted by molar-refractivity contribution is 5.74. The summed E-state index contributed by atoms with van der Waals surface area (Å²) in [5, 5.41) is 4.24. The molecule has 1 aromatic carbocycles. The van der Waals surface area contributed by atoms with Crippen LogP contribution in [0.1, 0.15) is 19.7 Å². The molecule has 106 valence electrons. The molecule has 0 amide bonds. The summed E-state index contributed by atoms with van der Waals surface area (Å²) in [4.78, 5) is 15.7. The Labute approximate surface area is 117 Å². The Morgan fingerprint density at radius 3 is 2.70 bits per heavy atom. The summed E-state index contributed by atoms with van der Waals surface area (Å²) in [6, 6.07) is 9.75. The molecule has 0 aliphatic heterocycles. The van der Waals surface area contributed by atoms with Crippen molar-refractivity contribution < 1.29 is 14.3 Å². The zero-order valence-electron chi connectivity index (χ0n) is 11.7. The van der Waals surface area contributed by atoms with Crippen LogP contribution in [0.2, 0.25) is 0 Å². The maximum absolute atomic E-state index is 11.5. The number of hydrogen-bond acceptors (Lipinski definition) is 5. The standard InChI is InChI=1S/C14H17N3O3/c1-4-19-13(18)10(2)20-14-15-11(3)17(16-14)12-8-6-5-7-9-12/h5-10H,4H2,1-3H3. The number of carbonyl (C=O) groups excluding carboxylic acids is 1. The molecule has 0 spiro atoms. The van der Waals surface area contributed by atoms with E-state index in [0.29, 0.717) is 12.4 Å². The minimum Gasteiger partial charge on any atom is -0.463 e. The summed E-state index contributed by atoms with van der Waals surface area (Å²) >= 11 is 0. The van der Waals surface area contributed by atoms with Crippen LogP contribution in [0.3, 0.4) is 0 Å². The highest BCUT2D eigenvalue weighted by atomic mass is 16.6. The van der Waals surface area contributed by atoms with Crippen LogP contribution in [0.5, 0.6) is 6.01 Å². The van der Waals surface area contributed by atoms with E-state index in [2.05, 4.69) is 10.1 Å². The first kappa shape index (κ1) is 14.0. The molecule has 2 aromatic rings. The van der Waals surface area contributed by atoms with Crippen molar-refractivity contribution >= 4 is 5.97 Å². The van der Waals surface area contributed by atoms with Crippen molar-refractivity contribution in [1.82, 2.24) is 14.8 Å². The van der Waals surface area contributed by atoms with E-state index in [1.54, 1.807) is 18.5 Å². The van der Waals surface area contributed by atoms with Gasteiger partial charge in [-0.05, 0) is 32.9 Å². The Morgan fingerprint density at radius 2 is 2.05 bits per heavy atom. The quantitative estimate of drug-likeness (QED) is 0.780. The molecule has 0 fully saturated rings. The third-order valence-electron chi connectivity index (χ3n) is 2.65. The van der Waals surface area contributed by atoms with Gasteiger partial charge in [0.2, 0.25) is 0 Å². The van der Waals surface area contributed by atoms with Crippen molar-refractivity contribution in [3.63, 3.8) is 0 Å². The molecule has 1 aromatic heterocycles. The Bertz CT molecular complexity index is 581. The lowest BCUT2D eigenvalue weighted by molar-refractivity contribution is -0.150. The molecule has 1 unspecified atom stereocenters. The lowest BCUT2D eigenvalue weighted by atomic mass is 10.3. The summed E-state index contributed by atoms with van der Waals surface area (Å²) in [7, 11) is 0. The summed E-state index contributed by atoms with van der Waals surface area (Å²) in [6.07, 6.45) is -0.735. The topological polar surface area (TPSA) is 66.2 Å². The van der Waals surface area contributed by atoms with Gasteiger partial charge in [0, 0.05) is 0 Å². The van der Waals surface area contributed by atoms with Gasteiger partial charge in [0.05, 0.1) is 12.3 Å². The highest BCUT2D eigenvalue weighted by Gasteiger charge is 2.19. The highest BCUT2D eigenvalue weighted by Crippen LogP contribution is 2.13. The van der Waals surface area contributed by atoms with Gasteiger partial charge in [-0.1, -0.05) is 18.2 Å². The van der Waals surface area contributed by atoms with Gasteiger partial charge in [0.1, 0.15) is 5.82 Å². The second kappa shape index (κ2) is 6.18. The van der Waals surface area contributed by atoms with Crippen LogP contribution in [0, 0.1) is 6.92 Å². The molecule has 0 saturated carbocycles. The van der Waals surface area contributed by atoms with Gasteiger partial charge < -0.3 is 9.47 Å². The van der Waals surface area contributed by atoms with Gasteiger partial charge in [-0.2, -0.15) is 4.98 Å². The fraction of sp³-hybridized carbons (Fsp3) is 0.357. The maximum atomic E-state index is 11.5. The second-order valence-corrected chi connectivity index (χ2v) is 4.20. The number of carbonyl (C=O) groups is 1. The fourth-order valence-corrected chi connectivity index (χ4v) is 1.70. The zero-order chi connectivity index (χ0) is 14.5. The number of esters is 1. The summed E-state index contributed by atoms with van der Waals surface area (Å²) in [5.41, 5.74) is 0.885. The molecular formula is C14H17N3O3. The second-order valence-electron chi connectivity index (χ2n) is 4.20. The molecular weight excluding hydrogens is 258 g/mol. The van der Waals surface area contributed by atoms with Crippen molar-refractivity contribution in [3.05, 3.63) is 36.2 Å². The molecule has 0 saturated heterocycles. The molecule has 0 aliphatic carbocycles. The number of hydrogen-bond donors (Lipinski definition) is 0. The van der Waals surface area contributed by atoms with E-state index in [1.807, 2.05) is 37.3 Å². The minimum atomic E-state index is -0.735. The largest absolute Gasteiger partial charge is 0.463 e. The summed E-state index contributed by atoms with van der Waals surface area (Å²) in [6.45, 7) is 5.49. The van der Waals surface area contributed by atoms with Crippen LogP contribution < -0.4 is 4.74 Å². The summed E-state index contributed by atoms with van der Waals surface area (Å²) in [5.74, 6) is 0.253. The predicted molar refractivity (Wildman–Crippen MR) is 72.8 cm³/mol. The third-order valence-corrected chi connectivity index (χ3v) is 2.65. The Kier molecular flexibility index (Phi) is 4.34. The lowest BCUT2D eigenvalue weighted by Gasteiger charge is -2.09. The molecule has 1 heterocycles. The Morgan fingerprint density at radius 1 is 1.35 bits per heavy atom. The number of rotatable bonds is 5. The number of aryl methyl sites for hydroxylation is 1. The zero-order valence-corrected chi connectivity index (χ0v) is 11.7. The van der Waals surface area contributed by atoms with E-state index in [-0.39, 0.29) is 6.01 Å². The lowest BCUT2D eigenvalue weighted by Crippen LogP contribution is -2.26. The molecule has 1 atom stereocenters. The van der Waals surface area contributed by atoms with Crippen LogP contribution in [-0.2, 0) is 9.53 Å². The van der Waals surface area contributed by atoms with E-state index < -0.39 is 12.1 Å². The van der Waals surface area contributed by atoms with Crippen LogP contribution in [0.4, 0.5) is 0 Å². The number of para-hydroxylation sites is 1. The van der Waals surface area contributed by atoms with E-state index in [9.17, 15) is 4.79 Å². The molecule has 0 N–H and O–H groups in total. The van der Waals surface area contributed by atoms with Gasteiger partial charge in [-0.3, -0.25) is 0 Å². The predicted octanol–water partition coefficient (Wildman–Crippen LogP) is 1.91. The first-order valence-corrected chi connectivity index (χ1v) is 6.44. The third kappa shape index (κ3) is 3.14. The van der Waals surface area contributed by atoms with Gasteiger partial charge in [0.15, 0.2) is 6.10 Å². The fourth-order valence-electron chi connectivity index (χ4n) is 1.70. The molecule has 6 heteroatoms. The molecule has 0 bridgehead atoms. The first-order chi connectivity index (χ1) is 9.61. The normalized spacial score (nSPS) is 11.9. The van der Waals surface area contributed by atoms with Crippen LogP contribution in [0.15, 0.2) is 30.3 Å². The van der Waals surface area contributed by atoms with Crippen LogP contribution in [0.25, 0.3) is 5.69 Å². The molecule has 6 nitrogen and oxygen atoms in total. The maximum Gasteiger partial charge on any atom is 0.347 e. The van der Waals surface area contributed by atoms with Crippen molar-refractivity contribution in [2.24, 2.45) is 0 Å². The first-order valence-electron chi connectivity index (χ1n) is 6.44. The Balaban J connectivity index is 2.14. The van der Waals surface area contributed by atoms with Gasteiger partial charge in [0.25, 0.3) is 0 Å². The molecule has 0 aliphatic rings. The van der Waals surface area contributed by atoms with Gasteiger partial charge in [-0.25, -0.2) is 9.48 Å². The van der Waals surface area contributed by atoms with E-state index >= 15 is 0 Å². The molecule has 20 heavy (non-hydrogen) atoms. The van der Waals surface area contributed by atoms with Crippen molar-refractivity contribution in [2.45, 2.75) is 26.9 Å².